The fourth-order valence-electron chi connectivity index (χ4n) is 10.2. The monoisotopic (exact) mass is 1180 g/mol. The quantitative estimate of drug-likeness (QED) is 0.0197. The van der Waals surface area contributed by atoms with Crippen LogP contribution in [0.2, 0.25) is 0 Å². The maximum Gasteiger partial charge on any atom is 0.295 e. The third kappa shape index (κ3) is 12.1. The standard InChI is InChI=1S/C51H54N6O15S6/c1-6-7-24-56-40-19-14-33-13-17-35(76(64,65)66)28-38(33)46(40)50(2,3)43(56)21-15-32(34-11-8-10-31(27-34)12-23-45(58)53-48-54-55-49(73-48)75(52,62)63)16-22-44-51(4,5)47-39-29-36(77(67,68)69)30-42(78(70,71)72)37(39)18-20-41(47)57(44)25-9-26-74(59,60)61/h8,10-11,13-22,27-30H,6-7,9,12,23-26H2,1-5H3,(H6-,52,53,54,58,59,60,61,62,63,64,65,66,67,68,69,70,71,72)/p+1. The Bertz CT molecular complexity index is 4200. The van der Waals surface area contributed by atoms with Crippen LogP contribution < -0.4 is 15.4 Å². The molecule has 0 bridgehead atoms. The molecule has 0 unspecified atom stereocenters. The molecular weight excluding hydrogens is 1130 g/mol. The van der Waals surface area contributed by atoms with Gasteiger partial charge < -0.3 is 10.2 Å². The highest BCUT2D eigenvalue weighted by Crippen LogP contribution is 2.52. The van der Waals surface area contributed by atoms with Crippen LogP contribution in [0, 0.1) is 0 Å². The van der Waals surface area contributed by atoms with E-state index in [1.54, 1.807) is 48.8 Å². The average Bonchev–Trinajstić information content (AvgIpc) is 4.18. The predicted octanol–water partition coefficient (Wildman–Crippen LogP) is 7.58. The first-order chi connectivity index (χ1) is 36.2. The molecule has 2 aliphatic heterocycles. The summed E-state index contributed by atoms with van der Waals surface area (Å²) in [5.41, 5.74) is 3.76. The number of aryl methyl sites for hydroxylation is 1. The van der Waals surface area contributed by atoms with Crippen LogP contribution >= 0.6 is 11.3 Å². The van der Waals surface area contributed by atoms with Gasteiger partial charge in [-0.05, 0) is 114 Å². The van der Waals surface area contributed by atoms with Gasteiger partial charge in [-0.25, -0.2) is 13.6 Å². The van der Waals surface area contributed by atoms with Crippen molar-refractivity contribution in [2.45, 2.75) is 96.6 Å². The van der Waals surface area contributed by atoms with Crippen LogP contribution in [0.5, 0.6) is 0 Å². The number of sulfonamides is 1. The van der Waals surface area contributed by atoms with Crippen molar-refractivity contribution in [1.29, 1.82) is 0 Å². The Labute approximate surface area is 456 Å². The van der Waals surface area contributed by atoms with Crippen molar-refractivity contribution in [3.63, 3.8) is 0 Å². The number of rotatable bonds is 19. The highest BCUT2D eigenvalue weighted by atomic mass is 32.3. The number of aromatic nitrogens is 2. The smallest absolute Gasteiger partial charge is 0.295 e. The molecule has 0 radical (unpaired) electrons. The summed E-state index contributed by atoms with van der Waals surface area (Å²) in [5.74, 6) is -1.12. The van der Waals surface area contributed by atoms with Gasteiger partial charge in [-0.2, -0.15) is 38.2 Å². The second-order valence-corrected chi connectivity index (χ2v) is 28.4. The number of nitrogens with one attached hydrogen (secondary N) is 1. The summed E-state index contributed by atoms with van der Waals surface area (Å²) in [6.07, 6.45) is 9.07. The molecule has 0 spiro atoms. The lowest BCUT2D eigenvalue weighted by Crippen LogP contribution is -2.28. The number of benzene rings is 5. The van der Waals surface area contributed by atoms with E-state index in [0.29, 0.717) is 63.0 Å². The van der Waals surface area contributed by atoms with Crippen LogP contribution in [-0.2, 0) is 72.5 Å². The van der Waals surface area contributed by atoms with E-state index in [1.165, 1.54) is 18.2 Å². The van der Waals surface area contributed by atoms with Gasteiger partial charge in [0.2, 0.25) is 21.1 Å². The van der Waals surface area contributed by atoms with Crippen molar-refractivity contribution < 1.29 is 69.7 Å². The van der Waals surface area contributed by atoms with E-state index in [9.17, 15) is 65.1 Å². The molecule has 7 N–H and O–H groups in total. The van der Waals surface area contributed by atoms with Crippen molar-refractivity contribution in [3.8, 4) is 0 Å². The van der Waals surface area contributed by atoms with Gasteiger partial charge >= 0.3 is 0 Å². The van der Waals surface area contributed by atoms with E-state index in [2.05, 4.69) is 27.3 Å². The van der Waals surface area contributed by atoms with Crippen LogP contribution in [0.3, 0.4) is 0 Å². The molecule has 0 fully saturated rings. The second kappa shape index (κ2) is 21.2. The number of primary sulfonamides is 1. The van der Waals surface area contributed by atoms with Gasteiger partial charge in [-0.1, -0.05) is 81.0 Å². The number of hydrogen-bond donors (Lipinski definition) is 6. The summed E-state index contributed by atoms with van der Waals surface area (Å²) in [4.78, 5) is 13.5. The number of carbonyl (C=O) groups excluding carboxylic acids is 1. The Morgan fingerprint density at radius 2 is 1.46 bits per heavy atom. The Balaban J connectivity index is 1.30. The van der Waals surface area contributed by atoms with Gasteiger partial charge in [0.1, 0.15) is 11.4 Å². The number of nitrogens with zero attached hydrogens (tertiary/aromatic N) is 4. The van der Waals surface area contributed by atoms with E-state index in [-0.39, 0.29) is 46.6 Å². The molecule has 0 atom stereocenters. The number of anilines is 2. The lowest BCUT2D eigenvalue weighted by atomic mass is 9.78. The molecule has 27 heteroatoms. The second-order valence-electron chi connectivity index (χ2n) is 19.8. The summed E-state index contributed by atoms with van der Waals surface area (Å²) in [5, 5.41) is 16.2. The number of allylic oxidation sites excluding steroid dienone is 6. The molecule has 78 heavy (non-hydrogen) atoms. The van der Waals surface area contributed by atoms with Gasteiger partial charge in [0.05, 0.1) is 21.0 Å². The fraction of sp³-hybridized carbons (Fsp3) is 0.294. The van der Waals surface area contributed by atoms with Gasteiger partial charge in [0.15, 0.2) is 5.71 Å². The minimum absolute atomic E-state index is 0.0301. The predicted molar refractivity (Wildman–Crippen MR) is 296 cm³/mol. The van der Waals surface area contributed by atoms with Gasteiger partial charge in [0.25, 0.3) is 50.5 Å². The zero-order chi connectivity index (χ0) is 57.1. The molecule has 2 aliphatic rings. The molecule has 6 aromatic rings. The molecule has 5 aromatic carbocycles. The summed E-state index contributed by atoms with van der Waals surface area (Å²) in [6, 6.07) is 20.3. The lowest BCUT2D eigenvalue weighted by Gasteiger charge is -2.27. The maximum atomic E-state index is 13.1. The summed E-state index contributed by atoms with van der Waals surface area (Å²) < 4.78 is 165. The molecule has 1 amide bonds. The molecule has 21 nitrogen and oxygen atoms in total. The SMILES string of the molecule is CCCCN1C(=CC=C(C=CC2=[N+](CCCS(=O)(=O)O)c3ccc4c(S(=O)(=O)O)cc(S(=O)(=O)O)cc4c3C2(C)C)c2cccc(CCC(=O)Nc3nnc(S(N)(=O)=O)s3)c2)C(C)(C)c2c1ccc1ccc(S(=O)(=O)O)cc21. The first-order valence-corrected chi connectivity index (χ1v) is 32.3. The molecule has 414 valence electrons. The lowest BCUT2D eigenvalue weighted by molar-refractivity contribution is -0.437. The van der Waals surface area contributed by atoms with Crippen LogP contribution in [0.1, 0.15) is 82.6 Å². The maximum absolute atomic E-state index is 13.1. The van der Waals surface area contributed by atoms with E-state index in [4.69, 9.17) is 5.14 Å². The summed E-state index contributed by atoms with van der Waals surface area (Å²) in [7, 11) is -23.3. The molecular formula is C51H55N6O15S6+. The van der Waals surface area contributed by atoms with E-state index in [0.717, 1.165) is 41.2 Å². The topological polar surface area (TPSA) is 339 Å². The first kappa shape index (κ1) is 58.0. The van der Waals surface area contributed by atoms with Gasteiger partial charge in [0, 0.05) is 59.3 Å². The third-order valence-corrected chi connectivity index (χ3v) is 19.3. The third-order valence-electron chi connectivity index (χ3n) is 13.7. The highest BCUT2D eigenvalue weighted by Gasteiger charge is 2.47. The Morgan fingerprint density at radius 1 is 0.769 bits per heavy atom. The van der Waals surface area contributed by atoms with Gasteiger partial charge in [-0.3, -0.25) is 23.0 Å². The summed E-state index contributed by atoms with van der Waals surface area (Å²) >= 11 is 0.597. The van der Waals surface area contributed by atoms with Crippen LogP contribution in [0.25, 0.3) is 27.1 Å². The number of hydrogen-bond acceptors (Lipinski definition) is 15. The largest absolute Gasteiger partial charge is 0.344 e. The van der Waals surface area contributed by atoms with Crippen molar-refractivity contribution in [2.75, 3.05) is 29.1 Å². The van der Waals surface area contributed by atoms with Crippen molar-refractivity contribution in [2.24, 2.45) is 5.14 Å². The van der Waals surface area contributed by atoms with Crippen LogP contribution in [0.4, 0.5) is 16.5 Å². The Kier molecular flexibility index (Phi) is 15.8. The zero-order valence-corrected chi connectivity index (χ0v) is 47.5. The normalized spacial score (nSPS) is 16.5. The number of nitrogens with two attached hydrogens (primary N) is 1. The van der Waals surface area contributed by atoms with E-state index < -0.39 is 87.1 Å². The Morgan fingerprint density at radius 3 is 2.10 bits per heavy atom. The van der Waals surface area contributed by atoms with E-state index in [1.807, 2.05) is 56.3 Å². The van der Waals surface area contributed by atoms with E-state index >= 15 is 0 Å². The fourth-order valence-corrected chi connectivity index (χ4v) is 13.9. The van der Waals surface area contributed by atoms with Crippen LogP contribution in [-0.4, -0.2) is 106 Å². The molecule has 8 rings (SSSR count). The zero-order valence-electron chi connectivity index (χ0n) is 42.6. The number of fused-ring (bicyclic) bond motifs is 6. The summed E-state index contributed by atoms with van der Waals surface area (Å²) in [6.45, 7) is 10.2. The minimum Gasteiger partial charge on any atom is -0.344 e. The van der Waals surface area contributed by atoms with Crippen molar-refractivity contribution >= 4 is 117 Å². The number of unbranched alkanes of at least 4 members (excludes halogenated alkanes) is 1. The average molecular weight is 1180 g/mol. The van der Waals surface area contributed by atoms with Crippen LogP contribution in [0.15, 0.2) is 128 Å². The minimum atomic E-state index is -5.08. The Hall–Kier alpha value is -6.11. The molecule has 3 heterocycles. The molecule has 0 saturated carbocycles. The molecule has 0 aliphatic carbocycles. The van der Waals surface area contributed by atoms with Crippen molar-refractivity contribution in [1.82, 2.24) is 10.2 Å². The molecule has 0 saturated heterocycles. The number of amides is 1. The highest BCUT2D eigenvalue weighted by molar-refractivity contribution is 7.91. The van der Waals surface area contributed by atoms with Gasteiger partial charge in [-0.15, -0.1) is 10.2 Å². The first-order valence-electron chi connectivity index (χ1n) is 24.0. The number of carbonyl (C=O) groups is 1. The molecule has 1 aromatic heterocycles. The van der Waals surface area contributed by atoms with Crippen molar-refractivity contribution in [3.05, 3.63) is 131 Å².